The van der Waals surface area contributed by atoms with Crippen molar-refractivity contribution < 1.29 is 97.1 Å². The molecule has 3 amide bonds. The molecule has 1 N–H and O–H groups in total. The van der Waals surface area contributed by atoms with E-state index in [1.165, 1.54) is 37.1 Å². The maximum Gasteiger partial charge on any atom is 0.476 e. The smallest absolute Gasteiger partial charge is 0.476 e. The number of amides is 3. The Morgan fingerprint density at radius 2 is 0.699 bits per heavy atom. The molecular formula is C89H100F6N18O18P2-2. The Balaban J connectivity index is 0.000000171. The minimum Gasteiger partial charge on any atom is -0.790 e. The molecule has 36 nitrogen and oxygen atoms in total. The summed E-state index contributed by atoms with van der Waals surface area (Å²) in [7, 11) is -4.44. The summed E-state index contributed by atoms with van der Waals surface area (Å²) in [5, 5.41) is 10.6. The van der Waals surface area contributed by atoms with Crippen LogP contribution in [0.1, 0.15) is 79.0 Å². The highest BCUT2D eigenvalue weighted by atomic mass is 31.2. The van der Waals surface area contributed by atoms with E-state index < -0.39 is 72.4 Å². The van der Waals surface area contributed by atoms with Crippen molar-refractivity contribution in [2.24, 2.45) is 21.1 Å². The number of piperazine rings is 3. The second kappa shape index (κ2) is 41.2. The molecule has 6 aromatic heterocycles. The van der Waals surface area contributed by atoms with E-state index in [2.05, 4.69) is 43.9 Å². The maximum atomic E-state index is 13.4. The van der Waals surface area contributed by atoms with Gasteiger partial charge >= 0.3 is 27.7 Å². The lowest BCUT2D eigenvalue weighted by molar-refractivity contribution is -0.341. The van der Waals surface area contributed by atoms with Crippen molar-refractivity contribution in [3.63, 3.8) is 0 Å². The Morgan fingerprint density at radius 1 is 0.421 bits per heavy atom. The Hall–Kier alpha value is -12.7. The monoisotopic (exact) mass is 1880 g/mol. The molecule has 9 heterocycles. The summed E-state index contributed by atoms with van der Waals surface area (Å²) < 4.78 is 146. The Kier molecular flexibility index (Phi) is 30.3. The van der Waals surface area contributed by atoms with Crippen LogP contribution in [0.25, 0.3) is 66.1 Å². The van der Waals surface area contributed by atoms with Crippen LogP contribution in [-0.2, 0) is 82.4 Å². The Labute approximate surface area is 758 Å². The average Bonchev–Trinajstić information content (AvgIpc) is 1.63. The van der Waals surface area contributed by atoms with Gasteiger partial charge in [-0.2, -0.15) is 26.3 Å². The summed E-state index contributed by atoms with van der Waals surface area (Å²) in [5.41, 5.74) is 5.42. The second-order valence-corrected chi connectivity index (χ2v) is 36.5. The van der Waals surface area contributed by atoms with Crippen LogP contribution < -0.4 is 55.4 Å². The molecule has 0 unspecified atom stereocenters. The number of alkyl halides is 6. The number of halogens is 6. The Morgan fingerprint density at radius 3 is 0.962 bits per heavy atom. The lowest BCUT2D eigenvalue weighted by Crippen LogP contribution is -2.55. The third-order valence-corrected chi connectivity index (χ3v) is 24.7. The van der Waals surface area contributed by atoms with Crippen molar-refractivity contribution in [2.45, 2.75) is 131 Å². The van der Waals surface area contributed by atoms with E-state index in [1.54, 1.807) is 209 Å². The molecule has 0 bridgehead atoms. The molecule has 3 aliphatic heterocycles. The van der Waals surface area contributed by atoms with Crippen LogP contribution in [0.4, 0.5) is 44.2 Å². The molecular weight excluding hydrogens is 1790 g/mol. The highest BCUT2D eigenvalue weighted by Crippen LogP contribution is 2.55. The van der Waals surface area contributed by atoms with Gasteiger partial charge in [0, 0.05) is 169 Å². The number of aromatic nitrogens is 12. The van der Waals surface area contributed by atoms with Gasteiger partial charge in [-0.15, -0.1) is 0 Å². The molecule has 6 aromatic carbocycles. The van der Waals surface area contributed by atoms with Crippen LogP contribution in [0.5, 0.6) is 17.2 Å². The number of phosphoric acid groups is 2. The fourth-order valence-electron chi connectivity index (χ4n) is 15.9. The van der Waals surface area contributed by atoms with Crippen LogP contribution in [0, 0.1) is 0 Å². The predicted molar refractivity (Wildman–Crippen MR) is 477 cm³/mol. The molecule has 3 atom stereocenters. The number of para-hydroxylation sites is 3. The summed E-state index contributed by atoms with van der Waals surface area (Å²) in [6.45, 7) is 9.50. The number of aliphatic hydroxyl groups is 1. The molecule has 44 heteroatoms. The summed E-state index contributed by atoms with van der Waals surface area (Å²) in [4.78, 5) is 136. The van der Waals surface area contributed by atoms with Gasteiger partial charge in [0.1, 0.15) is 37.1 Å². The number of carbonyl (C=O) groups excluding carboxylic acids is 3. The van der Waals surface area contributed by atoms with Gasteiger partial charge in [0.25, 0.3) is 16.7 Å². The first kappa shape index (κ1) is 97.9. The van der Waals surface area contributed by atoms with Gasteiger partial charge in [0.05, 0.1) is 71.4 Å². The van der Waals surface area contributed by atoms with Crippen LogP contribution in [0.15, 0.2) is 179 Å². The van der Waals surface area contributed by atoms with E-state index in [0.29, 0.717) is 131 Å². The van der Waals surface area contributed by atoms with E-state index in [9.17, 15) is 74.0 Å². The number of nitrogens with zero attached hydrogens (tertiary/aromatic N) is 18. The number of anilines is 3. The van der Waals surface area contributed by atoms with Crippen molar-refractivity contribution >= 4 is 83.9 Å². The van der Waals surface area contributed by atoms with Gasteiger partial charge in [-0.05, 0) is 134 Å². The highest BCUT2D eigenvalue weighted by molar-refractivity contribution is 7.48. The van der Waals surface area contributed by atoms with E-state index in [4.69, 9.17) is 23.4 Å². The highest BCUT2D eigenvalue weighted by Gasteiger charge is 2.40. The maximum absolute atomic E-state index is 13.4. The largest absolute Gasteiger partial charge is 0.790 e. The van der Waals surface area contributed by atoms with Gasteiger partial charge < -0.3 is 67.6 Å². The van der Waals surface area contributed by atoms with Gasteiger partial charge in [-0.3, -0.25) is 70.4 Å². The first-order valence-corrected chi connectivity index (χ1v) is 45.1. The second-order valence-electron chi connectivity index (χ2n) is 33.8. The van der Waals surface area contributed by atoms with Crippen LogP contribution in [0.2, 0.25) is 0 Å². The molecule has 3 saturated heterocycles. The van der Waals surface area contributed by atoms with Gasteiger partial charge in [-0.1, -0.05) is 72.8 Å². The molecule has 133 heavy (non-hydrogen) atoms. The standard InChI is InChI=1S/C35H45F2N6O7P.C27H29F2N6O7P.C27H28F2N6O4/c1-23-20-41(15-16-42(23)30(44)22-47-51(46,49-34(2,3)4)50-35(5,6)7)33-38-18-26(19-39-33)24-13-14-27-28(17-24)43(40(8)31(27)45)21-25-11-9-10-12-29(25)48-32(36)37;1-17-14-33(9-10-34(17)24(36)16-41-43(38,39)40)27-30-12-20(13-31-27)18-7-8-21-22(11-18)35(32(2)25(21)37)15-19-5-3-4-6-23(19)42-26(28)29;1-17-14-33(9-10-34(17)24(37)16-36)27-30-12-20(13-31-27)18-7-8-21-22(11-18)35(32(2)25(21)38)15-19-5-3-4-6-23(19)39-26(28)29/h9-14,17-19,23,32H,15-16,20-22H2,1-8H3;3-8,11-13,17,26H,9-10,14-16H2,1-2H3,(H2,38,39,40);3-8,11-13,17,26,36H,9-10,14-16H2,1-2H3/p-2/t23-;2*17-/m111/s1. The van der Waals surface area contributed by atoms with Crippen LogP contribution in [0.3, 0.4) is 0 Å². The van der Waals surface area contributed by atoms with E-state index in [0.717, 1.165) is 22.3 Å². The molecule has 708 valence electrons. The van der Waals surface area contributed by atoms with E-state index in [1.807, 2.05) is 58.9 Å². The first-order valence-electron chi connectivity index (χ1n) is 42.2. The molecule has 0 saturated carbocycles. The summed E-state index contributed by atoms with van der Waals surface area (Å²) in [6, 6.07) is 34.8. The lowest BCUT2D eigenvalue weighted by atomic mass is 10.1. The van der Waals surface area contributed by atoms with Crippen molar-refractivity contribution in [3.05, 3.63) is 212 Å². The zero-order valence-corrected chi connectivity index (χ0v) is 76.5. The van der Waals surface area contributed by atoms with E-state index >= 15 is 0 Å². The Bertz CT molecular complexity index is 6460. The minimum absolute atomic E-state index is 0.0236. The number of carbonyl (C=O) groups is 3. The number of benzene rings is 6. The van der Waals surface area contributed by atoms with Crippen molar-refractivity contribution in [1.82, 2.24) is 72.7 Å². The molecule has 3 fully saturated rings. The van der Waals surface area contributed by atoms with Gasteiger partial charge in [-0.25, -0.2) is 34.5 Å². The zero-order valence-electron chi connectivity index (χ0n) is 74.8. The third-order valence-electron chi connectivity index (χ3n) is 22.2. The topological polar surface area (TPSA) is 394 Å². The predicted octanol–water partition coefficient (Wildman–Crippen LogP) is 10.0. The molecule has 0 spiro atoms. The number of hydrogen-bond acceptors (Lipinski definition) is 27. The van der Waals surface area contributed by atoms with Crippen molar-refractivity contribution in [3.8, 4) is 50.6 Å². The summed E-state index contributed by atoms with van der Waals surface area (Å²) in [6.07, 6.45) is 10.1. The third kappa shape index (κ3) is 23.9. The first-order chi connectivity index (χ1) is 63.0. The van der Waals surface area contributed by atoms with Gasteiger partial charge in [0.2, 0.25) is 35.6 Å². The molecule has 0 aliphatic carbocycles. The SMILES string of the molecule is C[C@@H]1CN(c2ncc(-c3ccc4c(=O)n(C)n(Cc5ccccc5OC(F)F)c4c3)cn2)CCN1C(=O)CO.C[C@@H]1CN(c2ncc(-c3ccc4c(=O)n(C)n(Cc5ccccc5OC(F)F)c4c3)cn2)CCN1C(=O)COP(=O)(OC(C)(C)C)OC(C)(C)C.C[C@@H]1CN(c2ncc(-c3ccc4c(=O)n(C)n(Cc5ccccc5OC(F)F)c4c3)cn2)CCN1C(=O)COP(=O)([O-])[O-]. The number of rotatable bonds is 27. The number of fused-ring (bicyclic) bond motifs is 3. The number of ether oxygens (including phenoxy) is 3. The molecule has 3 aliphatic rings. The van der Waals surface area contributed by atoms with E-state index in [-0.39, 0.29) is 90.0 Å². The van der Waals surface area contributed by atoms with Gasteiger partial charge in [0.15, 0.2) is 0 Å². The molecule has 0 radical (unpaired) electrons. The number of hydrogen-bond donors (Lipinski definition) is 1. The van der Waals surface area contributed by atoms with Crippen LogP contribution in [-0.4, -0.2) is 223 Å². The number of aliphatic hydroxyl groups excluding tert-OH is 1. The lowest BCUT2D eigenvalue weighted by Gasteiger charge is -2.40. The van der Waals surface area contributed by atoms with Crippen molar-refractivity contribution in [2.75, 3.05) is 93.4 Å². The van der Waals surface area contributed by atoms with Crippen molar-refractivity contribution in [1.29, 1.82) is 0 Å². The normalized spacial score (nSPS) is 15.9. The minimum atomic E-state index is -5.25. The average molecular weight is 1890 g/mol. The number of phosphoric ester groups is 2. The summed E-state index contributed by atoms with van der Waals surface area (Å²) in [5.74, 6) is 0.335. The fraction of sp³-hybridized carbons (Fsp3) is 0.393. The fourth-order valence-corrected chi connectivity index (χ4v) is 18.0. The summed E-state index contributed by atoms with van der Waals surface area (Å²) >= 11 is 0. The molecule has 15 rings (SSSR count). The quantitative estimate of drug-likeness (QED) is 0.0369. The molecule has 12 aromatic rings. The zero-order chi connectivity index (χ0) is 95.9. The van der Waals surface area contributed by atoms with Crippen LogP contribution >= 0.6 is 15.6 Å².